The summed E-state index contributed by atoms with van der Waals surface area (Å²) in [6.07, 6.45) is 1.94. The zero-order chi connectivity index (χ0) is 22.0. The summed E-state index contributed by atoms with van der Waals surface area (Å²) in [5, 5.41) is 20.0. The van der Waals surface area contributed by atoms with E-state index in [0.29, 0.717) is 40.5 Å². The van der Waals surface area contributed by atoms with E-state index >= 15 is 0 Å². The van der Waals surface area contributed by atoms with E-state index in [1.165, 1.54) is 23.9 Å². The van der Waals surface area contributed by atoms with Crippen LogP contribution in [0.2, 0.25) is 0 Å². The smallest absolute Gasteiger partial charge is 0.269 e. The number of hydrogen-bond donors (Lipinski definition) is 0. The predicted octanol–water partition coefficient (Wildman–Crippen LogP) is 4.39. The summed E-state index contributed by atoms with van der Waals surface area (Å²) >= 11 is 1.33. The first-order valence-corrected chi connectivity index (χ1v) is 10.9. The fourth-order valence-electron chi connectivity index (χ4n) is 3.38. The summed E-state index contributed by atoms with van der Waals surface area (Å²) < 4.78 is 6.26. The van der Waals surface area contributed by atoms with Gasteiger partial charge in [0.05, 0.1) is 10.6 Å². The number of non-ortho nitro benzene ring substituents is 1. The van der Waals surface area contributed by atoms with Crippen LogP contribution in [0.1, 0.15) is 31.6 Å². The van der Waals surface area contributed by atoms with E-state index in [1.54, 1.807) is 17.0 Å². The lowest BCUT2D eigenvalue weighted by Gasteiger charge is -2.30. The molecule has 2 aromatic carbocycles. The summed E-state index contributed by atoms with van der Waals surface area (Å²) in [7, 11) is 0. The lowest BCUT2D eigenvalue weighted by atomic mass is 10.1. The van der Waals surface area contributed by atoms with Crippen LogP contribution in [0.4, 0.5) is 11.4 Å². The summed E-state index contributed by atoms with van der Waals surface area (Å²) in [5.74, 6) is 0.117. The van der Waals surface area contributed by atoms with Crippen molar-refractivity contribution in [1.29, 1.82) is 0 Å². The second-order valence-electron chi connectivity index (χ2n) is 6.80. The maximum absolute atomic E-state index is 13.2. The van der Waals surface area contributed by atoms with Gasteiger partial charge in [-0.1, -0.05) is 36.9 Å². The molecule has 0 fully saturated rings. The quantitative estimate of drug-likeness (QED) is 0.328. The number of para-hydroxylation sites is 1. The number of amides is 1. The molecule has 0 unspecified atom stereocenters. The average molecular weight is 437 g/mol. The average Bonchev–Trinajstić information content (AvgIpc) is 2.93. The van der Waals surface area contributed by atoms with E-state index in [0.717, 1.165) is 0 Å². The Kier molecular flexibility index (Phi) is 5.81. The highest BCUT2D eigenvalue weighted by molar-refractivity contribution is 7.98. The van der Waals surface area contributed by atoms with Crippen molar-refractivity contribution in [2.45, 2.75) is 31.1 Å². The number of rotatable bonds is 5. The molecule has 0 radical (unpaired) electrons. The molecule has 158 valence electrons. The molecule has 0 saturated heterocycles. The van der Waals surface area contributed by atoms with Gasteiger partial charge in [0.15, 0.2) is 5.69 Å². The van der Waals surface area contributed by atoms with Crippen molar-refractivity contribution in [3.63, 3.8) is 0 Å². The molecule has 3 aromatic rings. The minimum atomic E-state index is -0.867. The largest absolute Gasteiger partial charge is 0.447 e. The van der Waals surface area contributed by atoms with Gasteiger partial charge in [0.2, 0.25) is 23.2 Å². The van der Waals surface area contributed by atoms with E-state index in [2.05, 4.69) is 15.2 Å². The van der Waals surface area contributed by atoms with Gasteiger partial charge in [-0.15, -0.1) is 10.2 Å². The van der Waals surface area contributed by atoms with E-state index in [9.17, 15) is 14.9 Å². The monoisotopic (exact) mass is 437 g/mol. The van der Waals surface area contributed by atoms with Crippen molar-refractivity contribution in [2.75, 3.05) is 11.2 Å². The Morgan fingerprint density at radius 3 is 2.61 bits per heavy atom. The molecule has 0 saturated carbocycles. The molecule has 4 rings (SSSR count). The molecule has 0 N–H and O–H groups in total. The zero-order valence-corrected chi connectivity index (χ0v) is 17.7. The molecular formula is C21H19N5O4S. The van der Waals surface area contributed by atoms with Crippen LogP contribution in [0.15, 0.2) is 53.7 Å². The Bertz CT molecular complexity index is 1140. The molecule has 1 aliphatic heterocycles. The van der Waals surface area contributed by atoms with Gasteiger partial charge in [-0.2, -0.15) is 4.98 Å². The molecular weight excluding hydrogens is 418 g/mol. The minimum Gasteiger partial charge on any atom is -0.447 e. The van der Waals surface area contributed by atoms with Crippen molar-refractivity contribution >= 4 is 29.0 Å². The van der Waals surface area contributed by atoms with Crippen LogP contribution in [-0.4, -0.2) is 32.3 Å². The van der Waals surface area contributed by atoms with Crippen LogP contribution in [0.3, 0.4) is 0 Å². The molecule has 1 atom stereocenters. The van der Waals surface area contributed by atoms with Crippen LogP contribution in [0.5, 0.6) is 5.88 Å². The number of fused-ring (bicyclic) bond motifs is 3. The highest BCUT2D eigenvalue weighted by atomic mass is 32.2. The summed E-state index contributed by atoms with van der Waals surface area (Å²) in [6.45, 7) is 1.93. The molecule has 31 heavy (non-hydrogen) atoms. The molecule has 0 aliphatic carbocycles. The van der Waals surface area contributed by atoms with Crippen LogP contribution >= 0.6 is 11.8 Å². The third-order valence-electron chi connectivity index (χ3n) is 4.82. The lowest BCUT2D eigenvalue weighted by molar-refractivity contribution is -0.384. The van der Waals surface area contributed by atoms with E-state index in [4.69, 9.17) is 4.74 Å². The fraction of sp³-hybridized carbons (Fsp3) is 0.238. The Labute approximate surface area is 182 Å². The SMILES string of the molecule is CCCC(=O)N1c2ccccc2-c2nnc(SC)nc2O[C@H]1c1ccc([N+](=O)[O-])cc1. The van der Waals surface area contributed by atoms with Crippen LogP contribution < -0.4 is 9.64 Å². The lowest BCUT2D eigenvalue weighted by Crippen LogP contribution is -2.37. The van der Waals surface area contributed by atoms with Crippen molar-refractivity contribution in [3.8, 4) is 17.1 Å². The van der Waals surface area contributed by atoms with Crippen molar-refractivity contribution in [2.24, 2.45) is 0 Å². The highest BCUT2D eigenvalue weighted by Crippen LogP contribution is 2.43. The van der Waals surface area contributed by atoms with Crippen molar-refractivity contribution < 1.29 is 14.5 Å². The summed E-state index contributed by atoms with van der Waals surface area (Å²) in [6, 6.07) is 13.3. The molecule has 0 bridgehead atoms. The molecule has 9 nitrogen and oxygen atoms in total. The number of hydrogen-bond acceptors (Lipinski definition) is 8. The first-order chi connectivity index (χ1) is 15.0. The third-order valence-corrected chi connectivity index (χ3v) is 5.35. The number of nitro groups is 1. The molecule has 0 spiro atoms. The van der Waals surface area contributed by atoms with Gasteiger partial charge < -0.3 is 4.74 Å². The maximum Gasteiger partial charge on any atom is 0.269 e. The minimum absolute atomic E-state index is 0.0433. The van der Waals surface area contributed by atoms with Gasteiger partial charge in [0.1, 0.15) is 0 Å². The van der Waals surface area contributed by atoms with Crippen molar-refractivity contribution in [1.82, 2.24) is 15.2 Å². The van der Waals surface area contributed by atoms with Gasteiger partial charge in [0.25, 0.3) is 5.69 Å². The number of thioether (sulfide) groups is 1. The number of nitro benzene ring substituents is 1. The van der Waals surface area contributed by atoms with Gasteiger partial charge in [-0.3, -0.25) is 19.8 Å². The maximum atomic E-state index is 13.2. The fourth-order valence-corrected chi connectivity index (χ4v) is 3.68. The normalized spacial score (nSPS) is 14.8. The predicted molar refractivity (Wildman–Crippen MR) is 116 cm³/mol. The summed E-state index contributed by atoms with van der Waals surface area (Å²) in [4.78, 5) is 29.9. The Morgan fingerprint density at radius 2 is 1.94 bits per heavy atom. The highest BCUT2D eigenvalue weighted by Gasteiger charge is 2.35. The van der Waals surface area contributed by atoms with E-state index < -0.39 is 11.2 Å². The van der Waals surface area contributed by atoms with Crippen LogP contribution in [-0.2, 0) is 4.79 Å². The standard InChI is InChI=1S/C21H19N5O4S/c1-3-6-17(27)25-16-8-5-4-7-15(16)18-19(22-21(31-2)24-23-18)30-20(25)13-9-11-14(12-10-13)26(28)29/h4-5,7-12,20H,3,6H2,1-2H3/t20-/m0/s1. The number of nitrogens with zero attached hydrogens (tertiary/aromatic N) is 5. The zero-order valence-electron chi connectivity index (χ0n) is 16.9. The van der Waals surface area contributed by atoms with Gasteiger partial charge in [-0.05, 0) is 30.9 Å². The number of carbonyl (C=O) groups is 1. The number of carbonyl (C=O) groups excluding carboxylic acids is 1. The molecule has 1 aromatic heterocycles. The van der Waals surface area contributed by atoms with Crippen LogP contribution in [0.25, 0.3) is 11.3 Å². The Morgan fingerprint density at radius 1 is 1.19 bits per heavy atom. The number of aromatic nitrogens is 3. The summed E-state index contributed by atoms with van der Waals surface area (Å²) in [5.41, 5.74) is 2.28. The molecule has 2 heterocycles. The first kappa shape index (κ1) is 20.7. The van der Waals surface area contributed by atoms with Crippen molar-refractivity contribution in [3.05, 3.63) is 64.2 Å². The topological polar surface area (TPSA) is 111 Å². The van der Waals surface area contributed by atoms with Gasteiger partial charge in [0, 0.05) is 29.7 Å². The number of anilines is 1. The van der Waals surface area contributed by atoms with Crippen LogP contribution in [0, 0.1) is 10.1 Å². The first-order valence-electron chi connectivity index (χ1n) is 9.64. The molecule has 1 aliphatic rings. The van der Waals surface area contributed by atoms with Gasteiger partial charge in [-0.25, -0.2) is 0 Å². The Balaban J connectivity index is 1.92. The number of benzene rings is 2. The third kappa shape index (κ3) is 3.93. The van der Waals surface area contributed by atoms with Gasteiger partial charge >= 0.3 is 0 Å². The Hall–Kier alpha value is -3.53. The number of ether oxygens (including phenoxy) is 1. The second kappa shape index (κ2) is 8.68. The van der Waals surface area contributed by atoms with E-state index in [-0.39, 0.29) is 17.5 Å². The second-order valence-corrected chi connectivity index (χ2v) is 7.58. The van der Waals surface area contributed by atoms with E-state index in [1.807, 2.05) is 37.4 Å². The molecule has 10 heteroatoms. The molecule has 1 amide bonds.